The van der Waals surface area contributed by atoms with Crippen molar-refractivity contribution in [3.63, 3.8) is 0 Å². The first-order chi connectivity index (χ1) is 11.0. The highest BCUT2D eigenvalue weighted by Gasteiger charge is 2.38. The van der Waals surface area contributed by atoms with Gasteiger partial charge in [-0.15, -0.1) is 10.2 Å². The van der Waals surface area contributed by atoms with Gasteiger partial charge < -0.3 is 4.74 Å². The number of rotatable bonds is 5. The lowest BCUT2D eigenvalue weighted by Gasteiger charge is -2.28. The summed E-state index contributed by atoms with van der Waals surface area (Å²) in [7, 11) is 0. The van der Waals surface area contributed by atoms with Gasteiger partial charge >= 0.3 is 6.18 Å². The zero-order chi connectivity index (χ0) is 16.3. The van der Waals surface area contributed by atoms with Crippen molar-refractivity contribution in [1.82, 2.24) is 14.8 Å². The van der Waals surface area contributed by atoms with Crippen LogP contribution in [0.3, 0.4) is 0 Å². The molecule has 1 atom stereocenters. The fourth-order valence-corrected chi connectivity index (χ4v) is 3.84. The smallest absolute Gasteiger partial charge is 0.369 e. The van der Waals surface area contributed by atoms with Gasteiger partial charge in [-0.25, -0.2) is 0 Å². The first kappa shape index (κ1) is 16.3. The van der Waals surface area contributed by atoms with Gasteiger partial charge in [0, 0.05) is 12.4 Å². The topological polar surface area (TPSA) is 39.9 Å². The molecule has 1 aliphatic heterocycles. The van der Waals surface area contributed by atoms with E-state index in [2.05, 4.69) is 10.2 Å². The summed E-state index contributed by atoms with van der Waals surface area (Å²) in [5.41, 5.74) is 0.577. The summed E-state index contributed by atoms with van der Waals surface area (Å²) in [6, 6.07) is 9.79. The second-order valence-electron chi connectivity index (χ2n) is 5.46. The largest absolute Gasteiger partial charge is 0.406 e. The molecular formula is C15H16F3N3OS. The van der Waals surface area contributed by atoms with E-state index in [0.29, 0.717) is 12.4 Å². The minimum Gasteiger partial charge on any atom is -0.369 e. The van der Waals surface area contributed by atoms with Crippen LogP contribution in [0.25, 0.3) is 0 Å². The van der Waals surface area contributed by atoms with Gasteiger partial charge in [-0.2, -0.15) is 13.2 Å². The van der Waals surface area contributed by atoms with Gasteiger partial charge in [0.2, 0.25) is 0 Å². The zero-order valence-electron chi connectivity index (χ0n) is 12.3. The van der Waals surface area contributed by atoms with Crippen LogP contribution in [0.2, 0.25) is 0 Å². The molecule has 0 spiro atoms. The van der Waals surface area contributed by atoms with E-state index in [1.807, 2.05) is 30.3 Å². The van der Waals surface area contributed by atoms with Crippen molar-refractivity contribution in [3.8, 4) is 0 Å². The van der Waals surface area contributed by atoms with Gasteiger partial charge in [0.1, 0.15) is 18.5 Å². The molecule has 0 radical (unpaired) electrons. The molecule has 1 saturated heterocycles. The lowest BCUT2D eigenvalue weighted by atomic mass is 9.93. The molecule has 1 aromatic carbocycles. The highest BCUT2D eigenvalue weighted by Crippen LogP contribution is 2.40. The summed E-state index contributed by atoms with van der Waals surface area (Å²) in [5.74, 6) is 0.508. The minimum absolute atomic E-state index is 0.258. The average Bonchev–Trinajstić information content (AvgIpc) is 3.15. The molecule has 1 fully saturated rings. The molecule has 2 heterocycles. The van der Waals surface area contributed by atoms with E-state index in [1.54, 1.807) is 0 Å². The fraction of sp³-hybridized carbons (Fsp3) is 0.467. The highest BCUT2D eigenvalue weighted by atomic mass is 32.2. The molecule has 124 valence electrons. The molecule has 0 amide bonds. The second-order valence-corrected chi connectivity index (χ2v) is 6.40. The lowest BCUT2D eigenvalue weighted by molar-refractivity contribution is -0.142. The number of aromatic nitrogens is 3. The van der Waals surface area contributed by atoms with Crippen LogP contribution in [0.5, 0.6) is 0 Å². The molecular weight excluding hydrogens is 327 g/mol. The van der Waals surface area contributed by atoms with Crippen molar-refractivity contribution >= 4 is 11.8 Å². The SMILES string of the molecule is FC(F)(F)Cn1cnnc1SCC1(c2ccccc2)CCCO1. The first-order valence-electron chi connectivity index (χ1n) is 7.25. The average molecular weight is 343 g/mol. The number of nitrogens with zero attached hydrogens (tertiary/aromatic N) is 3. The number of alkyl halides is 3. The summed E-state index contributed by atoms with van der Waals surface area (Å²) in [5, 5.41) is 7.66. The van der Waals surface area contributed by atoms with Crippen LogP contribution < -0.4 is 0 Å². The van der Waals surface area contributed by atoms with Crippen LogP contribution in [-0.4, -0.2) is 33.3 Å². The fourth-order valence-electron chi connectivity index (χ4n) is 2.70. The first-order valence-corrected chi connectivity index (χ1v) is 8.24. The van der Waals surface area contributed by atoms with Gasteiger partial charge in [-0.1, -0.05) is 42.1 Å². The van der Waals surface area contributed by atoms with Gasteiger partial charge in [-0.3, -0.25) is 4.57 Å². The van der Waals surface area contributed by atoms with E-state index in [9.17, 15) is 13.2 Å². The Morgan fingerprint density at radius 2 is 2.04 bits per heavy atom. The van der Waals surface area contributed by atoms with Gasteiger partial charge in [-0.05, 0) is 18.4 Å². The van der Waals surface area contributed by atoms with E-state index < -0.39 is 18.3 Å². The molecule has 0 aliphatic carbocycles. The summed E-state index contributed by atoms with van der Waals surface area (Å²) < 4.78 is 44.7. The normalized spacial score (nSPS) is 21.7. The molecule has 0 N–H and O–H groups in total. The van der Waals surface area contributed by atoms with Crippen molar-refractivity contribution in [3.05, 3.63) is 42.2 Å². The van der Waals surface area contributed by atoms with Crippen molar-refractivity contribution in [2.75, 3.05) is 12.4 Å². The standard InChI is InChI=1S/C15H16F3N3OS/c16-15(17,18)9-21-11-19-20-13(21)23-10-14(7-4-8-22-14)12-5-2-1-3-6-12/h1-3,5-6,11H,4,7-10H2. The Kier molecular flexibility index (Phi) is 4.63. The van der Waals surface area contributed by atoms with E-state index in [1.165, 1.54) is 11.8 Å². The third-order valence-corrected chi connectivity index (χ3v) is 4.95. The number of hydrogen-bond acceptors (Lipinski definition) is 4. The third kappa shape index (κ3) is 3.87. The Morgan fingerprint density at radius 1 is 1.26 bits per heavy atom. The Hall–Kier alpha value is -1.54. The van der Waals surface area contributed by atoms with Crippen LogP contribution >= 0.6 is 11.8 Å². The number of halogens is 3. The second kappa shape index (κ2) is 6.52. The van der Waals surface area contributed by atoms with Crippen LogP contribution in [0.15, 0.2) is 41.8 Å². The maximum Gasteiger partial charge on any atom is 0.406 e. The van der Waals surface area contributed by atoms with Crippen LogP contribution in [0.4, 0.5) is 13.2 Å². The molecule has 2 aromatic rings. The van der Waals surface area contributed by atoms with Gasteiger partial charge in [0.15, 0.2) is 5.16 Å². The number of thioether (sulfide) groups is 1. The molecule has 1 aliphatic rings. The lowest BCUT2D eigenvalue weighted by Crippen LogP contribution is -2.28. The predicted molar refractivity (Wildman–Crippen MR) is 80.1 cm³/mol. The molecule has 0 saturated carbocycles. The Labute approximate surface area is 136 Å². The number of hydrogen-bond donors (Lipinski definition) is 0. The van der Waals surface area contributed by atoms with Crippen molar-refractivity contribution < 1.29 is 17.9 Å². The number of benzene rings is 1. The Morgan fingerprint density at radius 3 is 2.70 bits per heavy atom. The monoisotopic (exact) mass is 343 g/mol. The molecule has 23 heavy (non-hydrogen) atoms. The van der Waals surface area contributed by atoms with Crippen LogP contribution in [-0.2, 0) is 16.9 Å². The van der Waals surface area contributed by atoms with Crippen molar-refractivity contribution in [1.29, 1.82) is 0 Å². The zero-order valence-corrected chi connectivity index (χ0v) is 13.1. The van der Waals surface area contributed by atoms with Gasteiger partial charge in [0.05, 0.1) is 0 Å². The maximum atomic E-state index is 12.6. The molecule has 4 nitrogen and oxygen atoms in total. The summed E-state index contributed by atoms with van der Waals surface area (Å²) in [6.07, 6.45) is -1.40. The van der Waals surface area contributed by atoms with Crippen molar-refractivity contribution in [2.45, 2.75) is 36.3 Å². The van der Waals surface area contributed by atoms with E-state index >= 15 is 0 Å². The molecule has 8 heteroatoms. The predicted octanol–water partition coefficient (Wildman–Crippen LogP) is 3.64. The highest BCUT2D eigenvalue weighted by molar-refractivity contribution is 7.99. The molecule has 1 aromatic heterocycles. The van der Waals surface area contributed by atoms with Crippen molar-refractivity contribution in [2.24, 2.45) is 0 Å². The van der Waals surface area contributed by atoms with Crippen LogP contribution in [0, 0.1) is 0 Å². The van der Waals surface area contributed by atoms with E-state index in [0.717, 1.165) is 29.3 Å². The van der Waals surface area contributed by atoms with E-state index in [-0.39, 0.29) is 5.16 Å². The van der Waals surface area contributed by atoms with Gasteiger partial charge in [0.25, 0.3) is 0 Å². The number of ether oxygens (including phenoxy) is 1. The summed E-state index contributed by atoms with van der Waals surface area (Å²) in [6.45, 7) is -0.424. The van der Waals surface area contributed by atoms with E-state index in [4.69, 9.17) is 4.74 Å². The van der Waals surface area contributed by atoms with Crippen LogP contribution in [0.1, 0.15) is 18.4 Å². The summed E-state index contributed by atoms with van der Waals surface area (Å²) in [4.78, 5) is 0. The maximum absolute atomic E-state index is 12.6. The third-order valence-electron chi connectivity index (χ3n) is 3.77. The molecule has 3 rings (SSSR count). The molecule has 0 bridgehead atoms. The quantitative estimate of drug-likeness (QED) is 0.777. The summed E-state index contributed by atoms with van der Waals surface area (Å²) >= 11 is 1.25. The Bertz CT molecular complexity index is 639. The molecule has 1 unspecified atom stereocenters. The minimum atomic E-state index is -4.29. The Balaban J connectivity index is 1.75.